The smallest absolute Gasteiger partial charge is 0.336 e. The molecule has 3 N–H and O–H groups in total. The highest BCUT2D eigenvalue weighted by atomic mass is 16.5. The van der Waals surface area contributed by atoms with E-state index in [-0.39, 0.29) is 24.4 Å². The fourth-order valence-corrected chi connectivity index (χ4v) is 4.35. The Hall–Kier alpha value is -2.44. The molecule has 1 aliphatic carbocycles. The molecule has 6 heteroatoms. The lowest BCUT2D eigenvalue weighted by Crippen LogP contribution is -2.40. The zero-order valence-electron chi connectivity index (χ0n) is 20.3. The number of benzene rings is 1. The highest BCUT2D eigenvalue weighted by molar-refractivity contribution is 6.04. The molecule has 176 valence electrons. The minimum absolute atomic E-state index is 0.0731. The molecule has 0 radical (unpaired) electrons. The van der Waals surface area contributed by atoms with Gasteiger partial charge in [0.25, 0.3) is 0 Å². The van der Waals surface area contributed by atoms with Crippen LogP contribution in [0, 0.1) is 12.3 Å². The van der Waals surface area contributed by atoms with E-state index in [0.29, 0.717) is 36.4 Å². The number of Topliss-reactive ketones (excluding diaryl/α,β-unsaturated/α-hetero) is 1. The van der Waals surface area contributed by atoms with Crippen molar-refractivity contribution in [1.82, 2.24) is 5.32 Å². The van der Waals surface area contributed by atoms with Crippen LogP contribution in [0.2, 0.25) is 0 Å². The third-order valence-corrected chi connectivity index (χ3v) is 5.50. The molecule has 0 amide bonds. The van der Waals surface area contributed by atoms with Crippen molar-refractivity contribution < 1.29 is 19.1 Å². The summed E-state index contributed by atoms with van der Waals surface area (Å²) in [6, 6.07) is 7.96. The quantitative estimate of drug-likeness (QED) is 0.487. The number of aryl methyl sites for hydroxylation is 1. The summed E-state index contributed by atoms with van der Waals surface area (Å²) in [6.45, 7) is 13.2. The van der Waals surface area contributed by atoms with Gasteiger partial charge in [-0.1, -0.05) is 57.5 Å². The molecule has 1 aromatic carbocycles. The Labute approximate surface area is 192 Å². The number of ether oxygens (including phenoxy) is 2. The lowest BCUT2D eigenvalue weighted by molar-refractivity contribution is -0.139. The second kappa shape index (κ2) is 11.4. The van der Waals surface area contributed by atoms with Crippen LogP contribution in [0.25, 0.3) is 0 Å². The SMILES string of the molecule is CC.CCOC(=O)C1=C(COCCN)NC2=C(C(=O)CC(C)(C)C2)C1c1cccc(C)c1. The second-order valence-electron chi connectivity index (χ2n) is 8.76. The Morgan fingerprint density at radius 2 is 1.97 bits per heavy atom. The molecular weight excluding hydrogens is 404 g/mol. The van der Waals surface area contributed by atoms with Gasteiger partial charge in [0.15, 0.2) is 5.78 Å². The number of nitrogens with two attached hydrogens (primary N) is 1. The Balaban J connectivity index is 0.00000176. The number of rotatable bonds is 7. The molecule has 1 heterocycles. The predicted octanol–water partition coefficient (Wildman–Crippen LogP) is 4.14. The number of nitrogens with one attached hydrogen (secondary N) is 1. The van der Waals surface area contributed by atoms with Crippen LogP contribution in [0.5, 0.6) is 0 Å². The second-order valence-corrected chi connectivity index (χ2v) is 8.76. The zero-order valence-corrected chi connectivity index (χ0v) is 20.3. The van der Waals surface area contributed by atoms with Crippen molar-refractivity contribution >= 4 is 11.8 Å². The van der Waals surface area contributed by atoms with Crippen molar-refractivity contribution in [2.75, 3.05) is 26.4 Å². The summed E-state index contributed by atoms with van der Waals surface area (Å²) in [6.07, 6.45) is 1.18. The van der Waals surface area contributed by atoms with Gasteiger partial charge in [0.1, 0.15) is 0 Å². The fourth-order valence-electron chi connectivity index (χ4n) is 4.35. The predicted molar refractivity (Wildman–Crippen MR) is 127 cm³/mol. The maximum atomic E-state index is 13.3. The molecule has 2 aliphatic rings. The number of hydrogen-bond acceptors (Lipinski definition) is 6. The van der Waals surface area contributed by atoms with Gasteiger partial charge in [0.2, 0.25) is 0 Å². The van der Waals surface area contributed by atoms with Crippen molar-refractivity contribution in [1.29, 1.82) is 0 Å². The third kappa shape index (κ3) is 5.87. The lowest BCUT2D eigenvalue weighted by Gasteiger charge is -2.40. The van der Waals surface area contributed by atoms with Gasteiger partial charge in [0, 0.05) is 30.2 Å². The van der Waals surface area contributed by atoms with Crippen molar-refractivity contribution in [2.24, 2.45) is 11.1 Å². The van der Waals surface area contributed by atoms with E-state index in [1.54, 1.807) is 6.92 Å². The zero-order chi connectivity index (χ0) is 23.9. The number of ketones is 1. The minimum atomic E-state index is -0.472. The molecular formula is C26H38N2O4. The normalized spacial score (nSPS) is 19.6. The summed E-state index contributed by atoms with van der Waals surface area (Å²) < 4.78 is 11.1. The first-order valence-corrected chi connectivity index (χ1v) is 11.5. The summed E-state index contributed by atoms with van der Waals surface area (Å²) in [4.78, 5) is 26.4. The van der Waals surface area contributed by atoms with Crippen LogP contribution in [0.1, 0.15) is 64.5 Å². The van der Waals surface area contributed by atoms with Gasteiger partial charge in [-0.05, 0) is 31.2 Å². The Morgan fingerprint density at radius 1 is 1.25 bits per heavy atom. The van der Waals surface area contributed by atoms with Crippen LogP contribution in [0.3, 0.4) is 0 Å². The first-order chi connectivity index (χ1) is 15.3. The molecule has 0 spiro atoms. The topological polar surface area (TPSA) is 90.7 Å². The third-order valence-electron chi connectivity index (χ3n) is 5.50. The molecule has 6 nitrogen and oxygen atoms in total. The molecule has 1 unspecified atom stereocenters. The summed E-state index contributed by atoms with van der Waals surface area (Å²) in [5.74, 6) is -0.823. The fraction of sp³-hybridized carbons (Fsp3) is 0.538. The molecule has 0 bridgehead atoms. The van der Waals surface area contributed by atoms with Crippen molar-refractivity contribution in [2.45, 2.75) is 60.3 Å². The molecule has 0 fully saturated rings. The van der Waals surface area contributed by atoms with Crippen molar-refractivity contribution in [3.05, 3.63) is 57.9 Å². The van der Waals surface area contributed by atoms with Crippen molar-refractivity contribution in [3.63, 3.8) is 0 Å². The van der Waals surface area contributed by atoms with E-state index in [2.05, 4.69) is 19.2 Å². The van der Waals surface area contributed by atoms with Gasteiger partial charge in [-0.3, -0.25) is 4.79 Å². The van der Waals surface area contributed by atoms with Crippen LogP contribution in [-0.2, 0) is 19.1 Å². The summed E-state index contributed by atoms with van der Waals surface area (Å²) in [5.41, 5.74) is 10.1. The number of carbonyl (C=O) groups is 2. The number of dihydropyridines is 1. The largest absolute Gasteiger partial charge is 0.463 e. The number of carbonyl (C=O) groups excluding carboxylic acids is 2. The maximum Gasteiger partial charge on any atom is 0.336 e. The van der Waals surface area contributed by atoms with E-state index in [0.717, 1.165) is 23.2 Å². The summed E-state index contributed by atoms with van der Waals surface area (Å²) >= 11 is 0. The van der Waals surface area contributed by atoms with E-state index in [9.17, 15) is 9.59 Å². The van der Waals surface area contributed by atoms with Gasteiger partial charge < -0.3 is 20.5 Å². The monoisotopic (exact) mass is 442 g/mol. The van der Waals surface area contributed by atoms with Crippen LogP contribution < -0.4 is 11.1 Å². The van der Waals surface area contributed by atoms with Crippen LogP contribution in [0.4, 0.5) is 0 Å². The highest BCUT2D eigenvalue weighted by Gasteiger charge is 2.43. The van der Waals surface area contributed by atoms with Gasteiger partial charge in [-0.25, -0.2) is 4.79 Å². The molecule has 3 rings (SSSR count). The lowest BCUT2D eigenvalue weighted by atomic mass is 9.68. The number of hydrogen-bond donors (Lipinski definition) is 2. The molecule has 1 aromatic rings. The molecule has 0 saturated heterocycles. The van der Waals surface area contributed by atoms with E-state index < -0.39 is 11.9 Å². The van der Waals surface area contributed by atoms with Crippen LogP contribution in [0.15, 0.2) is 46.8 Å². The van der Waals surface area contributed by atoms with Gasteiger partial charge in [-0.15, -0.1) is 0 Å². The Kier molecular flexibility index (Phi) is 9.22. The highest BCUT2D eigenvalue weighted by Crippen LogP contribution is 2.46. The minimum Gasteiger partial charge on any atom is -0.463 e. The summed E-state index contributed by atoms with van der Waals surface area (Å²) in [5, 5.41) is 3.38. The van der Waals surface area contributed by atoms with Gasteiger partial charge >= 0.3 is 5.97 Å². The summed E-state index contributed by atoms with van der Waals surface area (Å²) in [7, 11) is 0. The maximum absolute atomic E-state index is 13.3. The molecule has 1 aliphatic heterocycles. The van der Waals surface area contributed by atoms with E-state index >= 15 is 0 Å². The average Bonchev–Trinajstić information content (AvgIpc) is 2.73. The molecule has 0 aromatic heterocycles. The van der Waals surface area contributed by atoms with E-state index in [1.807, 2.05) is 45.0 Å². The standard InChI is InChI=1S/C24H32N2O4.C2H6/c1-5-30-23(28)22-18(14-29-10-9-25)26-17-12-24(3,4)13-19(27)21(17)20(22)16-8-6-7-15(2)11-16;1-2/h6-8,11,20,26H,5,9-10,12-14,25H2,1-4H3;1-2H3. The average molecular weight is 443 g/mol. The van der Waals surface area contributed by atoms with E-state index in [1.165, 1.54) is 0 Å². The number of esters is 1. The molecule has 0 saturated carbocycles. The molecule has 32 heavy (non-hydrogen) atoms. The van der Waals surface area contributed by atoms with Crippen LogP contribution in [-0.4, -0.2) is 38.1 Å². The van der Waals surface area contributed by atoms with E-state index in [4.69, 9.17) is 15.2 Å². The van der Waals surface area contributed by atoms with Crippen LogP contribution >= 0.6 is 0 Å². The Bertz CT molecular complexity index is 899. The van der Waals surface area contributed by atoms with Gasteiger partial charge in [0.05, 0.1) is 31.1 Å². The van der Waals surface area contributed by atoms with Gasteiger partial charge in [-0.2, -0.15) is 0 Å². The first kappa shape index (κ1) is 25.8. The first-order valence-electron chi connectivity index (χ1n) is 11.5. The molecule has 1 atom stereocenters. The Morgan fingerprint density at radius 3 is 2.59 bits per heavy atom. The van der Waals surface area contributed by atoms with Crippen molar-refractivity contribution in [3.8, 4) is 0 Å². The number of allylic oxidation sites excluding steroid dienone is 2.